The third-order valence-electron chi connectivity index (χ3n) is 7.19. The van der Waals surface area contributed by atoms with E-state index in [-0.39, 0.29) is 24.5 Å². The van der Waals surface area contributed by atoms with Crippen LogP contribution in [-0.2, 0) is 30.8 Å². The standard InChI is InChI=1S/C32H37N3O4/c1-23-17-26-18-25(13-14-29(26)39-23)19-34-32(37)27-11-8-12-30-28(27)21-35(20-24-9-4-2-5-10-24)22-31(36)33-15-6-3-7-16-38-30/h2,4-5,8-14,18,23H,3,6-7,15-17,19-22H2,1H3,(H,33,36)(H,34,37). The zero-order chi connectivity index (χ0) is 27.0. The van der Waals surface area contributed by atoms with E-state index in [1.165, 1.54) is 5.56 Å². The zero-order valence-electron chi connectivity index (χ0n) is 22.6. The number of nitrogens with zero attached hydrogens (tertiary/aromatic N) is 1. The van der Waals surface area contributed by atoms with Gasteiger partial charge in [0.2, 0.25) is 5.91 Å². The summed E-state index contributed by atoms with van der Waals surface area (Å²) in [5.41, 5.74) is 4.69. The van der Waals surface area contributed by atoms with Crippen molar-refractivity contribution in [2.75, 3.05) is 19.7 Å². The van der Waals surface area contributed by atoms with Gasteiger partial charge in [-0.15, -0.1) is 0 Å². The topological polar surface area (TPSA) is 79.9 Å². The maximum Gasteiger partial charge on any atom is 0.252 e. The summed E-state index contributed by atoms with van der Waals surface area (Å²) in [4.78, 5) is 28.4. The number of benzene rings is 3. The minimum absolute atomic E-state index is 0.00973. The van der Waals surface area contributed by atoms with Gasteiger partial charge in [-0.2, -0.15) is 0 Å². The number of hydrogen-bond donors (Lipinski definition) is 2. The Morgan fingerprint density at radius 3 is 2.72 bits per heavy atom. The average molecular weight is 528 g/mol. The number of ether oxygens (including phenoxy) is 2. The van der Waals surface area contributed by atoms with E-state index in [1.807, 2.05) is 48.5 Å². The van der Waals surface area contributed by atoms with Gasteiger partial charge < -0.3 is 20.1 Å². The molecule has 7 heteroatoms. The molecule has 0 spiro atoms. The molecule has 0 saturated carbocycles. The molecule has 39 heavy (non-hydrogen) atoms. The SMILES string of the molecule is CC1Cc2cc(CNC(=O)c3cccc4c3CN(Cc3ccccc3)CC(=O)NCCCCCO4)ccc2O1. The van der Waals surface area contributed by atoms with Gasteiger partial charge in [0, 0.05) is 43.7 Å². The molecule has 2 aliphatic rings. The Bertz CT molecular complexity index is 1290. The quantitative estimate of drug-likeness (QED) is 0.506. The fraction of sp³-hybridized carbons (Fsp3) is 0.375. The second kappa shape index (κ2) is 12.8. The fourth-order valence-electron chi connectivity index (χ4n) is 5.25. The Hall–Kier alpha value is -3.84. The molecule has 3 aromatic carbocycles. The highest BCUT2D eigenvalue weighted by Gasteiger charge is 2.22. The van der Waals surface area contributed by atoms with Crippen LogP contribution in [0.25, 0.3) is 0 Å². The zero-order valence-corrected chi connectivity index (χ0v) is 22.6. The van der Waals surface area contributed by atoms with Gasteiger partial charge in [-0.05, 0) is 61.1 Å². The largest absolute Gasteiger partial charge is 0.493 e. The van der Waals surface area contributed by atoms with Gasteiger partial charge >= 0.3 is 0 Å². The van der Waals surface area contributed by atoms with Crippen molar-refractivity contribution in [2.24, 2.45) is 0 Å². The normalized spacial score (nSPS) is 18.2. The summed E-state index contributed by atoms with van der Waals surface area (Å²) in [6.45, 7) is 4.94. The summed E-state index contributed by atoms with van der Waals surface area (Å²) in [6.07, 6.45) is 3.83. The molecule has 1 unspecified atom stereocenters. The maximum absolute atomic E-state index is 13.5. The van der Waals surface area contributed by atoms with Crippen LogP contribution in [0.1, 0.15) is 58.8 Å². The first-order valence-corrected chi connectivity index (χ1v) is 13.9. The number of rotatable bonds is 5. The maximum atomic E-state index is 13.5. The predicted octanol–water partition coefficient (Wildman–Crippen LogP) is 4.62. The lowest BCUT2D eigenvalue weighted by atomic mass is 10.0. The van der Waals surface area contributed by atoms with Crippen LogP contribution in [0.4, 0.5) is 0 Å². The van der Waals surface area contributed by atoms with Crippen molar-refractivity contribution >= 4 is 11.8 Å². The van der Waals surface area contributed by atoms with Gasteiger partial charge in [0.05, 0.1) is 13.2 Å². The molecule has 1 atom stereocenters. The van der Waals surface area contributed by atoms with Gasteiger partial charge in [0.25, 0.3) is 5.91 Å². The van der Waals surface area contributed by atoms with Crippen LogP contribution in [0.3, 0.4) is 0 Å². The van der Waals surface area contributed by atoms with E-state index >= 15 is 0 Å². The first-order chi connectivity index (χ1) is 19.0. The summed E-state index contributed by atoms with van der Waals surface area (Å²) in [7, 11) is 0. The summed E-state index contributed by atoms with van der Waals surface area (Å²) in [5.74, 6) is 1.46. The lowest BCUT2D eigenvalue weighted by Gasteiger charge is -2.25. The van der Waals surface area contributed by atoms with Gasteiger partial charge in [0.15, 0.2) is 0 Å². The molecule has 3 aromatic rings. The lowest BCUT2D eigenvalue weighted by Crippen LogP contribution is -2.37. The van der Waals surface area contributed by atoms with Gasteiger partial charge in [-0.1, -0.05) is 48.5 Å². The highest BCUT2D eigenvalue weighted by Crippen LogP contribution is 2.30. The Labute approximate surface area is 230 Å². The Kier molecular flexibility index (Phi) is 8.78. The molecule has 2 heterocycles. The predicted molar refractivity (Wildman–Crippen MR) is 151 cm³/mol. The molecule has 0 saturated heterocycles. The van der Waals surface area contributed by atoms with E-state index in [0.717, 1.165) is 48.1 Å². The van der Waals surface area contributed by atoms with Crippen LogP contribution in [0.2, 0.25) is 0 Å². The highest BCUT2D eigenvalue weighted by molar-refractivity contribution is 5.96. The van der Waals surface area contributed by atoms with Gasteiger partial charge in [-0.3, -0.25) is 14.5 Å². The third-order valence-corrected chi connectivity index (χ3v) is 7.19. The van der Waals surface area contributed by atoms with Crippen molar-refractivity contribution in [2.45, 2.75) is 58.3 Å². The molecule has 2 amide bonds. The summed E-state index contributed by atoms with van der Waals surface area (Å²) in [5, 5.41) is 6.15. The van der Waals surface area contributed by atoms with E-state index in [0.29, 0.717) is 44.1 Å². The number of carbonyl (C=O) groups excluding carboxylic acids is 2. The van der Waals surface area contributed by atoms with Crippen molar-refractivity contribution in [1.82, 2.24) is 15.5 Å². The summed E-state index contributed by atoms with van der Waals surface area (Å²) in [6, 6.07) is 21.8. The van der Waals surface area contributed by atoms with Crippen molar-refractivity contribution < 1.29 is 19.1 Å². The molecule has 0 bridgehead atoms. The molecule has 0 aromatic heterocycles. The van der Waals surface area contributed by atoms with Crippen LogP contribution in [0, 0.1) is 0 Å². The Morgan fingerprint density at radius 2 is 1.85 bits per heavy atom. The number of nitrogens with one attached hydrogen (secondary N) is 2. The van der Waals surface area contributed by atoms with Crippen molar-refractivity contribution in [1.29, 1.82) is 0 Å². The van der Waals surface area contributed by atoms with E-state index in [9.17, 15) is 9.59 Å². The molecule has 0 radical (unpaired) electrons. The van der Waals surface area contributed by atoms with Crippen molar-refractivity contribution in [3.8, 4) is 11.5 Å². The van der Waals surface area contributed by atoms with Crippen LogP contribution in [0.15, 0.2) is 66.7 Å². The van der Waals surface area contributed by atoms with Crippen LogP contribution in [0.5, 0.6) is 11.5 Å². The molecule has 0 aliphatic carbocycles. The minimum Gasteiger partial charge on any atom is -0.493 e. The molecule has 204 valence electrons. The monoisotopic (exact) mass is 527 g/mol. The number of fused-ring (bicyclic) bond motifs is 2. The number of carbonyl (C=O) groups is 2. The second-order valence-electron chi connectivity index (χ2n) is 10.4. The van der Waals surface area contributed by atoms with Crippen LogP contribution >= 0.6 is 0 Å². The minimum atomic E-state index is -0.158. The molecular weight excluding hydrogens is 490 g/mol. The molecular formula is C32H37N3O4. The fourth-order valence-corrected chi connectivity index (χ4v) is 5.25. The van der Waals surface area contributed by atoms with Gasteiger partial charge in [0.1, 0.15) is 17.6 Å². The first-order valence-electron chi connectivity index (χ1n) is 13.9. The average Bonchev–Trinajstić information content (AvgIpc) is 3.31. The number of hydrogen-bond acceptors (Lipinski definition) is 5. The smallest absolute Gasteiger partial charge is 0.252 e. The Morgan fingerprint density at radius 1 is 0.974 bits per heavy atom. The van der Waals surface area contributed by atoms with E-state index in [4.69, 9.17) is 9.47 Å². The molecule has 2 N–H and O–H groups in total. The number of amides is 2. The molecule has 2 aliphatic heterocycles. The first kappa shape index (κ1) is 26.8. The third kappa shape index (κ3) is 7.18. The summed E-state index contributed by atoms with van der Waals surface area (Å²) < 4.78 is 12.0. The van der Waals surface area contributed by atoms with E-state index in [1.54, 1.807) is 0 Å². The van der Waals surface area contributed by atoms with E-state index < -0.39 is 0 Å². The van der Waals surface area contributed by atoms with Gasteiger partial charge in [-0.25, -0.2) is 0 Å². The van der Waals surface area contributed by atoms with Crippen LogP contribution in [-0.4, -0.2) is 42.5 Å². The van der Waals surface area contributed by atoms with Crippen molar-refractivity contribution in [3.63, 3.8) is 0 Å². The molecule has 5 rings (SSSR count). The summed E-state index contributed by atoms with van der Waals surface area (Å²) >= 11 is 0. The second-order valence-corrected chi connectivity index (χ2v) is 10.4. The molecule has 7 nitrogen and oxygen atoms in total. The lowest BCUT2D eigenvalue weighted by molar-refractivity contribution is -0.122. The Balaban J connectivity index is 1.38. The molecule has 0 fully saturated rings. The highest BCUT2D eigenvalue weighted by atomic mass is 16.5. The van der Waals surface area contributed by atoms with Crippen molar-refractivity contribution in [3.05, 3.63) is 94.5 Å². The van der Waals surface area contributed by atoms with Crippen LogP contribution < -0.4 is 20.1 Å². The van der Waals surface area contributed by atoms with E-state index in [2.05, 4.69) is 40.7 Å².